The van der Waals surface area contributed by atoms with Crippen LogP contribution in [0.3, 0.4) is 0 Å². The lowest BCUT2D eigenvalue weighted by atomic mass is 9.86. The normalized spacial score (nSPS) is 13.1. The van der Waals surface area contributed by atoms with Crippen LogP contribution in [0.2, 0.25) is 0 Å². The molecule has 108 valence electrons. The average Bonchev–Trinajstić information content (AvgIpc) is 2.26. The molecule has 0 atom stereocenters. The Bertz CT molecular complexity index is 385. The van der Waals surface area contributed by atoms with E-state index in [-0.39, 0.29) is 5.54 Å². The predicted octanol–water partition coefficient (Wildman–Crippen LogP) is 3.52. The quantitative estimate of drug-likeness (QED) is 0.823. The highest BCUT2D eigenvalue weighted by molar-refractivity contribution is 5.23. The van der Waals surface area contributed by atoms with Crippen LogP contribution in [0.5, 0.6) is 0 Å². The largest absolute Gasteiger partial charge is 0.389 e. The van der Waals surface area contributed by atoms with Gasteiger partial charge in [0.1, 0.15) is 0 Å². The second-order valence-corrected chi connectivity index (χ2v) is 6.95. The van der Waals surface area contributed by atoms with Gasteiger partial charge in [0.2, 0.25) is 0 Å². The molecule has 2 N–H and O–H groups in total. The Morgan fingerprint density at radius 2 is 1.47 bits per heavy atom. The third-order valence-electron chi connectivity index (χ3n) is 3.93. The van der Waals surface area contributed by atoms with Gasteiger partial charge in [-0.15, -0.1) is 0 Å². The molecule has 0 spiro atoms. The first kappa shape index (κ1) is 16.2. The zero-order valence-electron chi connectivity index (χ0n) is 13.2. The molecule has 0 heterocycles. The fourth-order valence-corrected chi connectivity index (χ4v) is 1.80. The number of nitrogens with one attached hydrogen (secondary N) is 1. The van der Waals surface area contributed by atoms with Gasteiger partial charge in [-0.2, -0.15) is 0 Å². The maximum atomic E-state index is 10.1. The van der Waals surface area contributed by atoms with E-state index in [0.717, 1.165) is 13.0 Å². The first-order valence-corrected chi connectivity index (χ1v) is 7.17. The molecule has 0 aliphatic heterocycles. The van der Waals surface area contributed by atoms with Gasteiger partial charge in [0.25, 0.3) is 0 Å². The lowest BCUT2D eigenvalue weighted by molar-refractivity contribution is -0.00531. The number of aliphatic hydroxyl groups is 1. The van der Waals surface area contributed by atoms with E-state index < -0.39 is 5.60 Å². The summed E-state index contributed by atoms with van der Waals surface area (Å²) in [5, 5.41) is 13.5. The smallest absolute Gasteiger partial charge is 0.0767 e. The van der Waals surface area contributed by atoms with Crippen molar-refractivity contribution >= 4 is 0 Å². The third-order valence-corrected chi connectivity index (χ3v) is 3.93. The Balaban J connectivity index is 2.59. The maximum absolute atomic E-state index is 10.1. The summed E-state index contributed by atoms with van der Waals surface area (Å²) in [5.74, 6) is 0.693. The lowest BCUT2D eigenvalue weighted by Crippen LogP contribution is -2.55. The molecule has 1 aromatic carbocycles. The molecule has 0 radical (unpaired) electrons. The van der Waals surface area contributed by atoms with Crippen LogP contribution in [0.15, 0.2) is 24.3 Å². The molecule has 19 heavy (non-hydrogen) atoms. The molecular formula is C17H29NO. The molecule has 0 unspecified atom stereocenters. The summed E-state index contributed by atoms with van der Waals surface area (Å²) >= 11 is 0. The zero-order chi connectivity index (χ0) is 14.7. The molecule has 2 nitrogen and oxygen atoms in total. The minimum atomic E-state index is -0.745. The molecule has 0 aliphatic rings. The standard InChI is InChI=1S/C17H29NO/c1-13(2)11-14-7-9-15(10-8-14)12-18-16(3,4)17(5,6)19/h7-10,13,18-19H,11-12H2,1-6H3. The van der Waals surface area contributed by atoms with Gasteiger partial charge in [-0.05, 0) is 51.2 Å². The third kappa shape index (κ3) is 4.96. The van der Waals surface area contributed by atoms with Crippen LogP contribution in [0.25, 0.3) is 0 Å². The van der Waals surface area contributed by atoms with Gasteiger partial charge in [-0.1, -0.05) is 38.1 Å². The lowest BCUT2D eigenvalue weighted by Gasteiger charge is -2.38. The first-order chi connectivity index (χ1) is 8.62. The van der Waals surface area contributed by atoms with Crippen molar-refractivity contribution in [2.24, 2.45) is 5.92 Å². The molecular weight excluding hydrogens is 234 g/mol. The first-order valence-electron chi connectivity index (χ1n) is 7.17. The van der Waals surface area contributed by atoms with Gasteiger partial charge in [0.15, 0.2) is 0 Å². The summed E-state index contributed by atoms with van der Waals surface area (Å²) in [6.45, 7) is 13.0. The Hall–Kier alpha value is -0.860. The summed E-state index contributed by atoms with van der Waals surface area (Å²) in [6, 6.07) is 8.75. The average molecular weight is 263 g/mol. The van der Waals surface area contributed by atoms with E-state index in [1.165, 1.54) is 11.1 Å². The van der Waals surface area contributed by atoms with Crippen molar-refractivity contribution in [2.45, 2.75) is 65.6 Å². The summed E-state index contributed by atoms with van der Waals surface area (Å²) < 4.78 is 0. The van der Waals surface area contributed by atoms with E-state index in [0.29, 0.717) is 5.92 Å². The Labute approximate surface area is 118 Å². The maximum Gasteiger partial charge on any atom is 0.0767 e. The van der Waals surface area contributed by atoms with E-state index in [1.54, 1.807) is 0 Å². The van der Waals surface area contributed by atoms with E-state index >= 15 is 0 Å². The molecule has 2 heteroatoms. The highest BCUT2D eigenvalue weighted by atomic mass is 16.3. The van der Waals surface area contributed by atoms with Crippen molar-refractivity contribution in [3.63, 3.8) is 0 Å². The molecule has 1 aromatic rings. The van der Waals surface area contributed by atoms with E-state index in [1.807, 2.05) is 27.7 Å². The molecule has 0 amide bonds. The summed E-state index contributed by atoms with van der Waals surface area (Å²) in [6.07, 6.45) is 1.13. The highest BCUT2D eigenvalue weighted by Gasteiger charge is 2.34. The number of benzene rings is 1. The summed E-state index contributed by atoms with van der Waals surface area (Å²) in [4.78, 5) is 0. The number of hydrogen-bond acceptors (Lipinski definition) is 2. The topological polar surface area (TPSA) is 32.3 Å². The van der Waals surface area contributed by atoms with Crippen LogP contribution in [0.1, 0.15) is 52.7 Å². The van der Waals surface area contributed by atoms with Gasteiger partial charge in [0, 0.05) is 12.1 Å². The van der Waals surface area contributed by atoms with E-state index in [9.17, 15) is 5.11 Å². The van der Waals surface area contributed by atoms with Crippen molar-refractivity contribution < 1.29 is 5.11 Å². The number of rotatable bonds is 6. The molecule has 0 aliphatic carbocycles. The second-order valence-electron chi connectivity index (χ2n) is 6.95. The predicted molar refractivity (Wildman–Crippen MR) is 82.2 cm³/mol. The van der Waals surface area contributed by atoms with Crippen molar-refractivity contribution in [3.8, 4) is 0 Å². The minimum absolute atomic E-state index is 0.316. The van der Waals surface area contributed by atoms with Crippen LogP contribution < -0.4 is 5.32 Å². The highest BCUT2D eigenvalue weighted by Crippen LogP contribution is 2.21. The van der Waals surface area contributed by atoms with Gasteiger partial charge in [-0.3, -0.25) is 0 Å². The van der Waals surface area contributed by atoms with Crippen LogP contribution >= 0.6 is 0 Å². The Morgan fingerprint density at radius 3 is 1.89 bits per heavy atom. The van der Waals surface area contributed by atoms with Crippen molar-refractivity contribution in [1.29, 1.82) is 0 Å². The van der Waals surface area contributed by atoms with Crippen molar-refractivity contribution in [3.05, 3.63) is 35.4 Å². The molecule has 0 aromatic heterocycles. The van der Waals surface area contributed by atoms with Crippen molar-refractivity contribution in [1.82, 2.24) is 5.32 Å². The van der Waals surface area contributed by atoms with Gasteiger partial charge in [0.05, 0.1) is 5.60 Å². The molecule has 0 saturated heterocycles. The molecule has 0 fully saturated rings. The minimum Gasteiger partial charge on any atom is -0.389 e. The van der Waals surface area contributed by atoms with E-state index in [4.69, 9.17) is 0 Å². The van der Waals surface area contributed by atoms with Gasteiger partial charge >= 0.3 is 0 Å². The molecule has 0 bridgehead atoms. The SMILES string of the molecule is CC(C)Cc1ccc(CNC(C)(C)C(C)(C)O)cc1. The molecule has 0 saturated carbocycles. The van der Waals surface area contributed by atoms with Crippen LogP contribution in [-0.4, -0.2) is 16.2 Å². The number of hydrogen-bond donors (Lipinski definition) is 2. The van der Waals surface area contributed by atoms with E-state index in [2.05, 4.69) is 43.4 Å². The van der Waals surface area contributed by atoms with Crippen molar-refractivity contribution in [2.75, 3.05) is 0 Å². The van der Waals surface area contributed by atoms with Gasteiger partial charge < -0.3 is 10.4 Å². The fourth-order valence-electron chi connectivity index (χ4n) is 1.80. The summed E-state index contributed by atoms with van der Waals surface area (Å²) in [5.41, 5.74) is 1.58. The monoisotopic (exact) mass is 263 g/mol. The molecule has 1 rings (SSSR count). The van der Waals surface area contributed by atoms with Crippen LogP contribution in [0.4, 0.5) is 0 Å². The van der Waals surface area contributed by atoms with Crippen LogP contribution in [0, 0.1) is 5.92 Å². The van der Waals surface area contributed by atoms with Crippen LogP contribution in [-0.2, 0) is 13.0 Å². The summed E-state index contributed by atoms with van der Waals surface area (Å²) in [7, 11) is 0. The second kappa shape index (κ2) is 6.06. The Morgan fingerprint density at radius 1 is 1.00 bits per heavy atom. The fraction of sp³-hybridized carbons (Fsp3) is 0.647. The van der Waals surface area contributed by atoms with Gasteiger partial charge in [-0.25, -0.2) is 0 Å². The zero-order valence-corrected chi connectivity index (χ0v) is 13.2. The Kier molecular flexibility index (Phi) is 5.17.